The van der Waals surface area contributed by atoms with Gasteiger partial charge in [-0.2, -0.15) is 0 Å². The molecule has 0 heterocycles. The molecular weight excluding hydrogens is 118 g/mol. The molecule has 0 aromatic heterocycles. The van der Waals surface area contributed by atoms with Crippen molar-refractivity contribution in [3.05, 3.63) is 0 Å². The van der Waals surface area contributed by atoms with Crippen LogP contribution in [0.2, 0.25) is 0 Å². The molecule has 0 amide bonds. The summed E-state index contributed by atoms with van der Waals surface area (Å²) >= 11 is 0. The van der Waals surface area contributed by atoms with E-state index in [-0.39, 0.29) is 6.04 Å². The van der Waals surface area contributed by atoms with Crippen LogP contribution in [-0.4, -0.2) is 23.4 Å². The van der Waals surface area contributed by atoms with E-state index in [2.05, 4.69) is 0 Å². The second-order valence-corrected chi connectivity index (χ2v) is 2.33. The summed E-state index contributed by atoms with van der Waals surface area (Å²) < 4.78 is 0. The lowest BCUT2D eigenvalue weighted by atomic mass is 10.1. The lowest BCUT2D eigenvalue weighted by molar-refractivity contribution is 0.170. The molecule has 0 radical (unpaired) electrons. The Morgan fingerprint density at radius 1 is 1.33 bits per heavy atom. The topological polar surface area (TPSA) is 98.3 Å². The zero-order valence-electron chi connectivity index (χ0n) is 5.62. The van der Waals surface area contributed by atoms with Crippen LogP contribution in [0.1, 0.15) is 13.3 Å². The molecule has 0 saturated carbocycles. The summed E-state index contributed by atoms with van der Waals surface area (Å²) in [4.78, 5) is 0. The predicted molar refractivity (Wildman–Crippen MR) is 36.4 cm³/mol. The Morgan fingerprint density at radius 3 is 1.89 bits per heavy atom. The molecule has 0 bridgehead atoms. The summed E-state index contributed by atoms with van der Waals surface area (Å²) in [6.45, 7) is 1.66. The molecule has 0 aromatic rings. The van der Waals surface area contributed by atoms with Crippen molar-refractivity contribution in [3.63, 3.8) is 0 Å². The Kier molecular flexibility index (Phi) is 3.72. The summed E-state index contributed by atoms with van der Waals surface area (Å²) in [7, 11) is 0. The van der Waals surface area contributed by atoms with Gasteiger partial charge in [0, 0.05) is 6.04 Å². The summed E-state index contributed by atoms with van der Waals surface area (Å²) in [6.07, 6.45) is -0.494. The highest BCUT2D eigenvalue weighted by molar-refractivity contribution is 4.71. The average molecular weight is 133 g/mol. The molecule has 7 N–H and O–H groups in total. The Bertz CT molecular complexity index is 74.6. The van der Waals surface area contributed by atoms with E-state index < -0.39 is 12.3 Å². The molecule has 0 aliphatic heterocycles. The fourth-order valence-corrected chi connectivity index (χ4v) is 0.551. The highest BCUT2D eigenvalue weighted by Gasteiger charge is 2.10. The van der Waals surface area contributed by atoms with E-state index in [1.165, 1.54) is 0 Å². The maximum atomic E-state index is 8.78. The second kappa shape index (κ2) is 3.79. The molecule has 0 fully saturated rings. The van der Waals surface area contributed by atoms with Gasteiger partial charge in [-0.1, -0.05) is 0 Å². The molecule has 56 valence electrons. The van der Waals surface area contributed by atoms with Crippen LogP contribution in [0.3, 0.4) is 0 Å². The number of nitrogens with two attached hydrogens (primary N) is 3. The fraction of sp³-hybridized carbons (Fsp3) is 1.00. The first-order valence-corrected chi connectivity index (χ1v) is 2.99. The van der Waals surface area contributed by atoms with Crippen molar-refractivity contribution in [2.24, 2.45) is 17.2 Å². The zero-order valence-corrected chi connectivity index (χ0v) is 5.62. The van der Waals surface area contributed by atoms with Crippen LogP contribution < -0.4 is 17.2 Å². The number of rotatable bonds is 3. The summed E-state index contributed by atoms with van der Waals surface area (Å²) in [6, 6.07) is -0.301. The minimum absolute atomic E-state index is 0.301. The quantitative estimate of drug-likeness (QED) is 0.346. The maximum Gasteiger partial charge on any atom is 0.0678 e. The Balaban J connectivity index is 3.38. The number of aliphatic hydroxyl groups excluding tert-OH is 1. The first-order chi connectivity index (χ1) is 4.04. The standard InChI is InChI=1S/C5H15N3O/c1-3(9)2-4(6)5(7)8/h3-5,9H,2,6-8H2,1H3. The van der Waals surface area contributed by atoms with E-state index in [9.17, 15) is 0 Å². The van der Waals surface area contributed by atoms with Crippen molar-refractivity contribution >= 4 is 0 Å². The van der Waals surface area contributed by atoms with Gasteiger partial charge in [0.2, 0.25) is 0 Å². The third kappa shape index (κ3) is 4.35. The molecule has 0 spiro atoms. The molecule has 0 aliphatic rings. The van der Waals surface area contributed by atoms with Crippen molar-refractivity contribution in [1.29, 1.82) is 0 Å². The van der Waals surface area contributed by atoms with Gasteiger partial charge in [-0.25, -0.2) is 0 Å². The van der Waals surface area contributed by atoms with E-state index >= 15 is 0 Å². The Hall–Kier alpha value is -0.160. The first-order valence-electron chi connectivity index (χ1n) is 2.99. The largest absolute Gasteiger partial charge is 0.393 e. The third-order valence-electron chi connectivity index (χ3n) is 1.11. The number of hydrogen-bond acceptors (Lipinski definition) is 4. The van der Waals surface area contributed by atoms with Crippen molar-refractivity contribution in [1.82, 2.24) is 0 Å². The van der Waals surface area contributed by atoms with Crippen LogP contribution in [0.25, 0.3) is 0 Å². The number of aliphatic hydroxyl groups is 1. The van der Waals surface area contributed by atoms with Crippen LogP contribution in [0.4, 0.5) is 0 Å². The van der Waals surface area contributed by atoms with E-state index in [1.807, 2.05) is 0 Å². The van der Waals surface area contributed by atoms with Gasteiger partial charge in [0.1, 0.15) is 0 Å². The first kappa shape index (κ1) is 8.84. The summed E-state index contributed by atoms with van der Waals surface area (Å²) in [5.74, 6) is 0. The Labute approximate surface area is 55.0 Å². The van der Waals surface area contributed by atoms with Gasteiger partial charge in [-0.05, 0) is 13.3 Å². The Morgan fingerprint density at radius 2 is 1.78 bits per heavy atom. The van der Waals surface area contributed by atoms with Gasteiger partial charge in [0.25, 0.3) is 0 Å². The lowest BCUT2D eigenvalue weighted by Gasteiger charge is -2.16. The summed E-state index contributed by atoms with van der Waals surface area (Å²) in [5.41, 5.74) is 15.9. The lowest BCUT2D eigenvalue weighted by Crippen LogP contribution is -2.49. The van der Waals surface area contributed by atoms with Crippen LogP contribution in [0.5, 0.6) is 0 Å². The zero-order chi connectivity index (χ0) is 7.44. The predicted octanol–water partition coefficient (Wildman–Crippen LogP) is -1.67. The molecule has 2 atom stereocenters. The smallest absolute Gasteiger partial charge is 0.0678 e. The monoisotopic (exact) mass is 133 g/mol. The highest BCUT2D eigenvalue weighted by Crippen LogP contribution is 1.94. The molecule has 0 saturated heterocycles. The molecule has 9 heavy (non-hydrogen) atoms. The normalized spacial score (nSPS) is 18.0. The number of hydrogen-bond donors (Lipinski definition) is 4. The van der Waals surface area contributed by atoms with E-state index in [0.717, 1.165) is 0 Å². The van der Waals surface area contributed by atoms with Crippen LogP contribution in [-0.2, 0) is 0 Å². The minimum atomic E-state index is -0.528. The highest BCUT2D eigenvalue weighted by atomic mass is 16.3. The van der Waals surface area contributed by atoms with Crippen LogP contribution >= 0.6 is 0 Å². The van der Waals surface area contributed by atoms with Gasteiger partial charge in [0.05, 0.1) is 12.3 Å². The van der Waals surface area contributed by atoms with Gasteiger partial charge in [-0.15, -0.1) is 0 Å². The molecule has 2 unspecified atom stereocenters. The van der Waals surface area contributed by atoms with Crippen LogP contribution in [0, 0.1) is 0 Å². The van der Waals surface area contributed by atoms with Gasteiger partial charge in [0.15, 0.2) is 0 Å². The van der Waals surface area contributed by atoms with E-state index in [0.29, 0.717) is 6.42 Å². The van der Waals surface area contributed by atoms with Crippen molar-refractivity contribution in [2.75, 3.05) is 0 Å². The second-order valence-electron chi connectivity index (χ2n) is 2.33. The van der Waals surface area contributed by atoms with E-state index in [1.54, 1.807) is 6.92 Å². The van der Waals surface area contributed by atoms with Gasteiger partial charge in [-0.3, -0.25) is 0 Å². The SMILES string of the molecule is CC(O)CC(N)C(N)N. The molecule has 4 nitrogen and oxygen atoms in total. The fourth-order valence-electron chi connectivity index (χ4n) is 0.551. The molecule has 4 heteroatoms. The molecule has 0 rings (SSSR count). The average Bonchev–Trinajstić information content (AvgIpc) is 1.63. The molecular formula is C5H15N3O. The van der Waals surface area contributed by atoms with Crippen molar-refractivity contribution in [2.45, 2.75) is 31.7 Å². The molecule has 0 aromatic carbocycles. The third-order valence-corrected chi connectivity index (χ3v) is 1.11. The van der Waals surface area contributed by atoms with Crippen molar-refractivity contribution < 1.29 is 5.11 Å². The van der Waals surface area contributed by atoms with Crippen molar-refractivity contribution in [3.8, 4) is 0 Å². The maximum absolute atomic E-state index is 8.78. The summed E-state index contributed by atoms with van der Waals surface area (Å²) in [5, 5.41) is 8.78. The van der Waals surface area contributed by atoms with Gasteiger partial charge < -0.3 is 22.3 Å². The molecule has 0 aliphatic carbocycles. The van der Waals surface area contributed by atoms with Gasteiger partial charge >= 0.3 is 0 Å². The van der Waals surface area contributed by atoms with E-state index in [4.69, 9.17) is 22.3 Å². The van der Waals surface area contributed by atoms with Crippen LogP contribution in [0.15, 0.2) is 0 Å². The minimum Gasteiger partial charge on any atom is -0.393 e.